The zero-order chi connectivity index (χ0) is 22.4. The molecule has 164 valence electrons. The maximum atomic E-state index is 13.2. The van der Waals surface area contributed by atoms with Crippen LogP contribution in [-0.2, 0) is 4.18 Å². The van der Waals surface area contributed by atoms with E-state index in [1.54, 1.807) is 25.1 Å². The smallest absolute Gasteiger partial charge is 0.278 e. The molecule has 0 bridgehead atoms. The van der Waals surface area contributed by atoms with Crippen LogP contribution in [0.15, 0.2) is 53.6 Å². The lowest BCUT2D eigenvalue weighted by Crippen LogP contribution is -2.24. The fourth-order valence-corrected chi connectivity index (χ4v) is 2.75. The number of hydrogen-bond donors (Lipinski definition) is 0. The second-order valence-electron chi connectivity index (χ2n) is 6.41. The maximum absolute atomic E-state index is 13.2. The number of nitrogens with zero attached hydrogens (tertiary/aromatic N) is 3. The molecule has 0 aliphatic heterocycles. The normalized spacial score (nSPS) is 11.4. The predicted molar refractivity (Wildman–Crippen MR) is 109 cm³/mol. The third-order valence-electron chi connectivity index (χ3n) is 3.77. The molecule has 2 aromatic heterocycles. The van der Waals surface area contributed by atoms with E-state index < -0.39 is 18.1 Å². The summed E-state index contributed by atoms with van der Waals surface area (Å²) in [6.07, 6.45) is 2.60. The van der Waals surface area contributed by atoms with Gasteiger partial charge in [0.15, 0.2) is 12.4 Å². The Bertz CT molecular complexity index is 1090. The quantitative estimate of drug-likeness (QED) is 0.350. The van der Waals surface area contributed by atoms with Crippen LogP contribution in [0.3, 0.4) is 0 Å². The lowest BCUT2D eigenvalue weighted by Gasteiger charge is -2.13. The van der Waals surface area contributed by atoms with Crippen LogP contribution in [0.4, 0.5) is 13.2 Å². The molecule has 31 heavy (non-hydrogen) atoms. The lowest BCUT2D eigenvalue weighted by molar-refractivity contribution is -0.0231. The van der Waals surface area contributed by atoms with Crippen molar-refractivity contribution in [3.63, 3.8) is 0 Å². The largest absolute Gasteiger partial charge is 0.485 e. The van der Waals surface area contributed by atoms with Crippen molar-refractivity contribution < 1.29 is 26.3 Å². The van der Waals surface area contributed by atoms with Crippen molar-refractivity contribution in [2.45, 2.75) is 19.8 Å². The van der Waals surface area contributed by atoms with Gasteiger partial charge in [0, 0.05) is 24.8 Å². The van der Waals surface area contributed by atoms with E-state index in [-0.39, 0.29) is 23.1 Å². The molecule has 0 saturated carbocycles. The Morgan fingerprint density at radius 1 is 1.13 bits per heavy atom. The number of benzene rings is 1. The second kappa shape index (κ2) is 9.84. The van der Waals surface area contributed by atoms with Crippen LogP contribution in [0, 0.1) is 5.82 Å². The Balaban J connectivity index is 1.95. The molecule has 3 rings (SSSR count). The van der Waals surface area contributed by atoms with Crippen LogP contribution in [0.2, 0.25) is 0 Å². The van der Waals surface area contributed by atoms with Crippen LogP contribution in [0.5, 0.6) is 11.5 Å². The SMILES string of the molecule is CCOSOc1cc(-c2ccc(F)cc2)cnc1-n1ncc(OCC(C)(F)F)cc1=O. The van der Waals surface area contributed by atoms with E-state index in [9.17, 15) is 18.0 Å². The van der Waals surface area contributed by atoms with Crippen LogP contribution in [0.25, 0.3) is 16.9 Å². The highest BCUT2D eigenvalue weighted by atomic mass is 32.2. The van der Waals surface area contributed by atoms with Crippen LogP contribution in [0.1, 0.15) is 13.8 Å². The molecule has 11 heteroatoms. The highest BCUT2D eigenvalue weighted by Gasteiger charge is 2.22. The molecule has 0 saturated heterocycles. The van der Waals surface area contributed by atoms with Gasteiger partial charge in [0.1, 0.15) is 11.6 Å². The Hall–Kier alpha value is -3.05. The van der Waals surface area contributed by atoms with Gasteiger partial charge in [-0.15, -0.1) is 0 Å². The first-order valence-corrected chi connectivity index (χ1v) is 9.76. The Labute approximate surface area is 180 Å². The third kappa shape index (κ3) is 6.22. The Morgan fingerprint density at radius 3 is 2.52 bits per heavy atom. The molecule has 0 aliphatic carbocycles. The van der Waals surface area contributed by atoms with Crippen molar-refractivity contribution in [1.82, 2.24) is 14.8 Å². The van der Waals surface area contributed by atoms with Gasteiger partial charge < -0.3 is 8.92 Å². The predicted octanol–water partition coefficient (Wildman–Crippen LogP) is 4.45. The lowest BCUT2D eigenvalue weighted by atomic mass is 10.1. The van der Waals surface area contributed by atoms with Crippen LogP contribution < -0.4 is 14.5 Å². The van der Waals surface area contributed by atoms with Crippen molar-refractivity contribution in [1.29, 1.82) is 0 Å². The number of aromatic nitrogens is 3. The van der Waals surface area contributed by atoms with Gasteiger partial charge in [-0.1, -0.05) is 12.1 Å². The molecule has 7 nitrogen and oxygen atoms in total. The van der Waals surface area contributed by atoms with Crippen molar-refractivity contribution in [3.8, 4) is 28.4 Å². The molecule has 0 atom stereocenters. The molecule has 0 amide bonds. The molecular weight excluding hydrogens is 435 g/mol. The summed E-state index contributed by atoms with van der Waals surface area (Å²) in [6, 6.07) is 8.38. The summed E-state index contributed by atoms with van der Waals surface area (Å²) in [7, 11) is 0. The summed E-state index contributed by atoms with van der Waals surface area (Å²) < 4.78 is 55.6. The van der Waals surface area contributed by atoms with Crippen molar-refractivity contribution in [3.05, 3.63) is 65.0 Å². The van der Waals surface area contributed by atoms with Gasteiger partial charge in [0.25, 0.3) is 11.5 Å². The van der Waals surface area contributed by atoms with Gasteiger partial charge in [-0.25, -0.2) is 18.2 Å². The first-order valence-electron chi connectivity index (χ1n) is 9.09. The van der Waals surface area contributed by atoms with Gasteiger partial charge in [0.05, 0.1) is 12.8 Å². The summed E-state index contributed by atoms with van der Waals surface area (Å²) in [5.41, 5.74) is 0.621. The van der Waals surface area contributed by atoms with Gasteiger partial charge >= 0.3 is 0 Å². The first-order chi connectivity index (χ1) is 14.8. The highest BCUT2D eigenvalue weighted by Crippen LogP contribution is 2.30. The minimum atomic E-state index is -3.05. The standard InChI is InChI=1S/C20H18F3N3O4S/c1-3-29-31-30-17-8-14(13-4-6-15(21)7-5-13)10-24-19(17)26-18(27)9-16(11-25-26)28-12-20(2,22)23/h4-11H,3,12H2,1-2H3. The highest BCUT2D eigenvalue weighted by molar-refractivity contribution is 7.90. The molecule has 1 aromatic carbocycles. The average Bonchev–Trinajstić information content (AvgIpc) is 2.73. The molecule has 0 unspecified atom stereocenters. The van der Waals surface area contributed by atoms with Gasteiger partial charge in [-0.3, -0.25) is 8.98 Å². The maximum Gasteiger partial charge on any atom is 0.278 e. The van der Waals surface area contributed by atoms with Crippen molar-refractivity contribution in [2.24, 2.45) is 0 Å². The first kappa shape index (κ1) is 22.6. The van der Waals surface area contributed by atoms with E-state index in [1.165, 1.54) is 18.3 Å². The molecular formula is C20H18F3N3O4S. The minimum absolute atomic E-state index is 0.0513. The van der Waals surface area contributed by atoms with E-state index in [0.29, 0.717) is 37.0 Å². The van der Waals surface area contributed by atoms with Gasteiger partial charge in [-0.2, -0.15) is 9.78 Å². The van der Waals surface area contributed by atoms with E-state index in [0.717, 1.165) is 16.9 Å². The molecule has 0 fully saturated rings. The number of halogens is 3. The van der Waals surface area contributed by atoms with Crippen molar-refractivity contribution in [2.75, 3.05) is 13.2 Å². The Kier molecular flexibility index (Phi) is 7.18. The Morgan fingerprint density at radius 2 is 1.87 bits per heavy atom. The summed E-state index contributed by atoms with van der Waals surface area (Å²) in [5.74, 6) is -3.32. The van der Waals surface area contributed by atoms with Gasteiger partial charge in [0.2, 0.25) is 18.1 Å². The van der Waals surface area contributed by atoms with Crippen LogP contribution >= 0.6 is 12.3 Å². The molecule has 0 spiro atoms. The number of pyridine rings is 1. The fourth-order valence-electron chi connectivity index (χ4n) is 2.41. The van der Waals surface area contributed by atoms with Crippen LogP contribution in [-0.4, -0.2) is 33.9 Å². The molecule has 2 heterocycles. The summed E-state index contributed by atoms with van der Waals surface area (Å²) in [5, 5.41) is 3.94. The second-order valence-corrected chi connectivity index (χ2v) is 6.95. The zero-order valence-corrected chi connectivity index (χ0v) is 17.4. The number of ether oxygens (including phenoxy) is 1. The number of rotatable bonds is 9. The van der Waals surface area contributed by atoms with E-state index in [2.05, 4.69) is 10.1 Å². The number of hydrogen-bond acceptors (Lipinski definition) is 7. The zero-order valence-electron chi connectivity index (χ0n) is 16.5. The summed E-state index contributed by atoms with van der Waals surface area (Å²) in [6.45, 7) is 1.96. The molecule has 3 aromatic rings. The minimum Gasteiger partial charge on any atom is -0.485 e. The third-order valence-corrected chi connectivity index (χ3v) is 4.35. The molecule has 0 aliphatic rings. The monoisotopic (exact) mass is 453 g/mol. The van der Waals surface area contributed by atoms with E-state index in [1.807, 2.05) is 0 Å². The average molecular weight is 453 g/mol. The molecule has 0 N–H and O–H groups in total. The van der Waals surface area contributed by atoms with Crippen molar-refractivity contribution >= 4 is 12.3 Å². The molecule has 0 radical (unpaired) electrons. The summed E-state index contributed by atoms with van der Waals surface area (Å²) in [4.78, 5) is 16.8. The van der Waals surface area contributed by atoms with E-state index >= 15 is 0 Å². The fraction of sp³-hybridized carbons (Fsp3) is 0.250. The number of alkyl halides is 2. The van der Waals surface area contributed by atoms with Gasteiger partial charge in [-0.05, 0) is 30.7 Å². The van der Waals surface area contributed by atoms with E-state index in [4.69, 9.17) is 13.1 Å². The topological polar surface area (TPSA) is 75.5 Å². The summed E-state index contributed by atoms with van der Waals surface area (Å²) >= 11 is 0.690.